The number of aryl methyl sites for hydroxylation is 1. The normalized spacial score (nSPS) is 15.8. The molecule has 132 valence electrons. The van der Waals surface area contributed by atoms with Gasteiger partial charge >= 0.3 is 0 Å². The van der Waals surface area contributed by atoms with Gasteiger partial charge in [-0.2, -0.15) is 0 Å². The lowest BCUT2D eigenvalue weighted by atomic mass is 9.98. The summed E-state index contributed by atoms with van der Waals surface area (Å²) in [5.74, 6) is -0.151. The first-order valence-corrected chi connectivity index (χ1v) is 8.31. The number of carbonyl (C=O) groups is 1. The molecule has 0 bridgehead atoms. The topological polar surface area (TPSA) is 88.8 Å². The third-order valence-electron chi connectivity index (χ3n) is 4.71. The lowest BCUT2D eigenvalue weighted by Gasteiger charge is -2.13. The van der Waals surface area contributed by atoms with E-state index in [1.807, 2.05) is 13.0 Å². The molecule has 0 radical (unpaired) electrons. The van der Waals surface area contributed by atoms with Crippen LogP contribution in [0.3, 0.4) is 0 Å². The summed E-state index contributed by atoms with van der Waals surface area (Å²) in [5.41, 5.74) is 2.09. The quantitative estimate of drug-likeness (QED) is 0.757. The van der Waals surface area contributed by atoms with Crippen molar-refractivity contribution in [3.63, 3.8) is 0 Å². The summed E-state index contributed by atoms with van der Waals surface area (Å²) < 4.78 is 10.9. The highest BCUT2D eigenvalue weighted by Crippen LogP contribution is 2.35. The monoisotopic (exact) mass is 351 g/mol. The van der Waals surface area contributed by atoms with Crippen molar-refractivity contribution in [1.82, 2.24) is 5.32 Å². The Kier molecular flexibility index (Phi) is 3.68. The van der Waals surface area contributed by atoms with Gasteiger partial charge in [-0.3, -0.25) is 9.59 Å². The molecule has 0 saturated carbocycles. The molecule has 26 heavy (non-hydrogen) atoms. The standard InChI is InChI=1S/C20H17NO5/c1-3-10-4-7-14-12(8-10)18(23)16-17(21-20(24)19(16)26-14)11-5-6-13(22)15(9-11)25-2/h4-9,17,22H,3H2,1-2H3,(H,21,24)/t17-/m0/s1. The molecule has 2 N–H and O–H groups in total. The molecule has 6 nitrogen and oxygen atoms in total. The van der Waals surface area contributed by atoms with Gasteiger partial charge in [0.1, 0.15) is 5.58 Å². The number of hydrogen-bond donors (Lipinski definition) is 2. The maximum Gasteiger partial charge on any atom is 0.288 e. The predicted molar refractivity (Wildman–Crippen MR) is 95.8 cm³/mol. The number of ether oxygens (including phenoxy) is 1. The Balaban J connectivity index is 1.95. The lowest BCUT2D eigenvalue weighted by molar-refractivity contribution is 0.0938. The molecule has 4 rings (SSSR count). The van der Waals surface area contributed by atoms with E-state index in [-0.39, 0.29) is 28.3 Å². The van der Waals surface area contributed by atoms with Crippen LogP contribution in [0.5, 0.6) is 11.5 Å². The second-order valence-corrected chi connectivity index (χ2v) is 6.20. The second kappa shape index (κ2) is 5.91. The zero-order valence-electron chi connectivity index (χ0n) is 14.3. The molecular weight excluding hydrogens is 334 g/mol. The summed E-state index contributed by atoms with van der Waals surface area (Å²) >= 11 is 0. The molecule has 6 heteroatoms. The maximum atomic E-state index is 13.1. The molecule has 3 aromatic rings. The number of carbonyl (C=O) groups excluding carboxylic acids is 1. The van der Waals surface area contributed by atoms with Gasteiger partial charge in [0, 0.05) is 0 Å². The Morgan fingerprint density at radius 3 is 2.73 bits per heavy atom. The molecule has 2 aromatic carbocycles. The van der Waals surface area contributed by atoms with Crippen molar-refractivity contribution in [3.05, 3.63) is 69.1 Å². The number of aromatic hydroxyl groups is 1. The van der Waals surface area contributed by atoms with Crippen molar-refractivity contribution in [2.45, 2.75) is 19.4 Å². The van der Waals surface area contributed by atoms with Gasteiger partial charge in [0.25, 0.3) is 5.91 Å². The van der Waals surface area contributed by atoms with Crippen molar-refractivity contribution in [1.29, 1.82) is 0 Å². The van der Waals surface area contributed by atoms with Crippen molar-refractivity contribution < 1.29 is 19.1 Å². The summed E-state index contributed by atoms with van der Waals surface area (Å²) in [6, 6.07) is 9.46. The smallest absolute Gasteiger partial charge is 0.288 e. The fourth-order valence-corrected chi connectivity index (χ4v) is 3.30. The van der Waals surface area contributed by atoms with Crippen LogP contribution in [-0.4, -0.2) is 18.1 Å². The molecule has 0 saturated heterocycles. The highest BCUT2D eigenvalue weighted by Gasteiger charge is 2.36. The number of phenolic OH excluding ortho intramolecular Hbond substituents is 1. The second-order valence-electron chi connectivity index (χ2n) is 6.20. The summed E-state index contributed by atoms with van der Waals surface area (Å²) in [6.07, 6.45) is 0.794. The molecule has 0 unspecified atom stereocenters. The molecule has 0 aliphatic carbocycles. The van der Waals surface area contributed by atoms with Crippen molar-refractivity contribution in [2.75, 3.05) is 7.11 Å². The summed E-state index contributed by atoms with van der Waals surface area (Å²) in [5, 5.41) is 13.0. The molecule has 0 fully saturated rings. The number of rotatable bonds is 3. The van der Waals surface area contributed by atoms with Crippen LogP contribution in [0, 0.1) is 0 Å². The van der Waals surface area contributed by atoms with Crippen molar-refractivity contribution in [3.8, 4) is 11.5 Å². The minimum atomic E-state index is -0.655. The van der Waals surface area contributed by atoms with Crippen molar-refractivity contribution >= 4 is 16.9 Å². The number of nitrogens with one attached hydrogen (secondary N) is 1. The molecule has 2 heterocycles. The van der Waals surface area contributed by atoms with E-state index in [1.165, 1.54) is 13.2 Å². The maximum absolute atomic E-state index is 13.1. The van der Waals surface area contributed by atoms with Gasteiger partial charge in [-0.1, -0.05) is 19.1 Å². The molecule has 1 aliphatic heterocycles. The van der Waals surface area contributed by atoms with E-state index in [4.69, 9.17) is 9.15 Å². The van der Waals surface area contributed by atoms with Gasteiger partial charge in [0.15, 0.2) is 16.9 Å². The third kappa shape index (κ3) is 2.34. The average Bonchev–Trinajstić information content (AvgIpc) is 2.99. The Labute approximate surface area is 149 Å². The summed E-state index contributed by atoms with van der Waals surface area (Å²) in [7, 11) is 1.44. The zero-order valence-corrected chi connectivity index (χ0v) is 14.3. The first kappa shape index (κ1) is 16.2. The number of hydrogen-bond acceptors (Lipinski definition) is 5. The lowest BCUT2D eigenvalue weighted by Crippen LogP contribution is -2.22. The van der Waals surface area contributed by atoms with Crippen LogP contribution in [0.15, 0.2) is 45.6 Å². The molecular formula is C20H17NO5. The van der Waals surface area contributed by atoms with Gasteiger partial charge in [-0.15, -0.1) is 0 Å². The van der Waals surface area contributed by atoms with Crippen LogP contribution >= 0.6 is 0 Å². The SMILES string of the molecule is CCc1ccc2oc3c(c(=O)c2c1)[C@H](c1ccc(O)c(OC)c1)NC3=O. The van der Waals surface area contributed by atoms with E-state index in [0.717, 1.165) is 12.0 Å². The fourth-order valence-electron chi connectivity index (χ4n) is 3.30. The van der Waals surface area contributed by atoms with Crippen LogP contribution < -0.4 is 15.5 Å². The van der Waals surface area contributed by atoms with Crippen LogP contribution in [0.4, 0.5) is 0 Å². The minimum Gasteiger partial charge on any atom is -0.504 e. The first-order chi connectivity index (χ1) is 12.5. The first-order valence-electron chi connectivity index (χ1n) is 8.31. The number of benzene rings is 2. The average molecular weight is 351 g/mol. The Morgan fingerprint density at radius 1 is 1.19 bits per heavy atom. The molecule has 1 aliphatic rings. The van der Waals surface area contributed by atoms with E-state index < -0.39 is 11.9 Å². The van der Waals surface area contributed by atoms with Gasteiger partial charge in [0.05, 0.1) is 24.1 Å². The van der Waals surface area contributed by atoms with Gasteiger partial charge in [-0.05, 0) is 41.8 Å². The highest BCUT2D eigenvalue weighted by molar-refractivity contribution is 5.99. The minimum absolute atomic E-state index is 0.0149. The molecule has 0 spiro atoms. The fraction of sp³-hybridized carbons (Fsp3) is 0.200. The molecule has 1 atom stereocenters. The number of amides is 1. The molecule has 1 amide bonds. The van der Waals surface area contributed by atoms with Gasteiger partial charge in [-0.25, -0.2) is 0 Å². The van der Waals surface area contributed by atoms with Gasteiger partial charge in [0.2, 0.25) is 5.76 Å². The Bertz CT molecular complexity index is 1100. The summed E-state index contributed by atoms with van der Waals surface area (Å²) in [4.78, 5) is 25.5. The third-order valence-corrected chi connectivity index (χ3v) is 4.71. The van der Waals surface area contributed by atoms with E-state index in [9.17, 15) is 14.7 Å². The van der Waals surface area contributed by atoms with Gasteiger partial charge < -0.3 is 19.6 Å². The summed E-state index contributed by atoms with van der Waals surface area (Å²) in [6.45, 7) is 2.01. The Hall–Kier alpha value is -3.28. The number of methoxy groups -OCH3 is 1. The zero-order chi connectivity index (χ0) is 18.4. The van der Waals surface area contributed by atoms with E-state index in [0.29, 0.717) is 16.5 Å². The largest absolute Gasteiger partial charge is 0.504 e. The predicted octanol–water partition coefficient (Wildman–Crippen LogP) is 2.90. The van der Waals surface area contributed by atoms with E-state index in [1.54, 1.807) is 24.3 Å². The van der Waals surface area contributed by atoms with E-state index >= 15 is 0 Å². The van der Waals surface area contributed by atoms with Crippen LogP contribution in [0.25, 0.3) is 11.0 Å². The number of phenols is 1. The Morgan fingerprint density at radius 2 is 2.00 bits per heavy atom. The number of fused-ring (bicyclic) bond motifs is 2. The highest BCUT2D eigenvalue weighted by atomic mass is 16.5. The molecule has 1 aromatic heterocycles. The van der Waals surface area contributed by atoms with Crippen LogP contribution in [0.2, 0.25) is 0 Å². The van der Waals surface area contributed by atoms with Crippen molar-refractivity contribution in [2.24, 2.45) is 0 Å². The van der Waals surface area contributed by atoms with Crippen LogP contribution in [0.1, 0.15) is 40.2 Å². The van der Waals surface area contributed by atoms with E-state index in [2.05, 4.69) is 5.32 Å². The van der Waals surface area contributed by atoms with Crippen LogP contribution in [-0.2, 0) is 6.42 Å².